The Morgan fingerprint density at radius 3 is 2.70 bits per heavy atom. The number of allylic oxidation sites excluding steroid dienone is 2. The van der Waals surface area contributed by atoms with Crippen LogP contribution < -0.4 is 0 Å². The maximum Gasteiger partial charge on any atom is 0.433 e. The molecule has 0 N–H and O–H groups in total. The van der Waals surface area contributed by atoms with Crippen molar-refractivity contribution >= 4 is 34.2 Å². The van der Waals surface area contributed by atoms with E-state index in [0.29, 0.717) is 16.9 Å². The highest BCUT2D eigenvalue weighted by Crippen LogP contribution is 2.32. The minimum atomic E-state index is -4.63. The van der Waals surface area contributed by atoms with Gasteiger partial charge in [-0.05, 0) is 17.5 Å². The monoisotopic (exact) mass is 362 g/mol. The van der Waals surface area contributed by atoms with Crippen molar-refractivity contribution in [1.29, 1.82) is 0 Å². The molecule has 0 saturated carbocycles. The third-order valence-corrected chi connectivity index (χ3v) is 4.66. The fourth-order valence-electron chi connectivity index (χ4n) is 2.05. The number of nitrogens with zero attached hydrogens (tertiary/aromatic N) is 2. The Morgan fingerprint density at radius 2 is 2.04 bits per heavy atom. The molecular weight excluding hydrogens is 349 g/mol. The van der Waals surface area contributed by atoms with Gasteiger partial charge in [-0.3, -0.25) is 9.78 Å². The second kappa shape index (κ2) is 7.49. The lowest BCUT2D eigenvalue weighted by Gasteiger charge is -2.11. The zero-order valence-electron chi connectivity index (χ0n) is 12.3. The SMILES string of the molecule is CCc1cncc(Cl)c1CSC1=NC(C(F)(F)F)=CC(=O)CC1. The number of pyridine rings is 1. The van der Waals surface area contributed by atoms with Gasteiger partial charge in [-0.25, -0.2) is 4.99 Å². The van der Waals surface area contributed by atoms with Crippen LogP contribution in [-0.2, 0) is 17.0 Å². The molecule has 0 fully saturated rings. The predicted octanol–water partition coefficient (Wildman–Crippen LogP) is 4.74. The topological polar surface area (TPSA) is 42.3 Å². The number of hydrogen-bond donors (Lipinski definition) is 0. The van der Waals surface area contributed by atoms with Gasteiger partial charge < -0.3 is 0 Å². The number of aliphatic imine (C=N–C) groups is 1. The molecule has 0 unspecified atom stereocenters. The summed E-state index contributed by atoms with van der Waals surface area (Å²) in [6.07, 6.45) is 0.0957. The molecule has 0 atom stereocenters. The summed E-state index contributed by atoms with van der Waals surface area (Å²) in [7, 11) is 0. The molecule has 124 valence electrons. The third-order valence-electron chi connectivity index (χ3n) is 3.28. The van der Waals surface area contributed by atoms with Gasteiger partial charge in [-0.2, -0.15) is 13.2 Å². The van der Waals surface area contributed by atoms with Gasteiger partial charge in [0.05, 0.1) is 10.1 Å². The van der Waals surface area contributed by atoms with Crippen LogP contribution in [0.4, 0.5) is 13.2 Å². The predicted molar refractivity (Wildman–Crippen MR) is 85.7 cm³/mol. The van der Waals surface area contributed by atoms with E-state index in [9.17, 15) is 18.0 Å². The molecule has 1 aliphatic heterocycles. The molecule has 1 aromatic heterocycles. The van der Waals surface area contributed by atoms with Gasteiger partial charge in [-0.15, -0.1) is 11.8 Å². The van der Waals surface area contributed by atoms with Gasteiger partial charge in [0.1, 0.15) is 5.70 Å². The van der Waals surface area contributed by atoms with E-state index < -0.39 is 17.7 Å². The lowest BCUT2D eigenvalue weighted by atomic mass is 10.1. The number of carbonyl (C=O) groups is 1. The molecule has 1 aromatic rings. The van der Waals surface area contributed by atoms with E-state index in [4.69, 9.17) is 11.6 Å². The first kappa shape index (κ1) is 18.0. The lowest BCUT2D eigenvalue weighted by Crippen LogP contribution is -2.11. The van der Waals surface area contributed by atoms with Gasteiger partial charge in [0.25, 0.3) is 0 Å². The highest BCUT2D eigenvalue weighted by atomic mass is 35.5. The summed E-state index contributed by atoms with van der Waals surface area (Å²) >= 11 is 7.30. The Hall–Kier alpha value is -1.34. The molecule has 0 spiro atoms. The average molecular weight is 363 g/mol. The number of alkyl halides is 3. The second-order valence-electron chi connectivity index (χ2n) is 4.90. The van der Waals surface area contributed by atoms with Crippen LogP contribution in [0.5, 0.6) is 0 Å². The summed E-state index contributed by atoms with van der Waals surface area (Å²) in [6, 6.07) is 0. The van der Waals surface area contributed by atoms with E-state index in [1.165, 1.54) is 18.0 Å². The van der Waals surface area contributed by atoms with Crippen LogP contribution in [0.1, 0.15) is 30.9 Å². The van der Waals surface area contributed by atoms with Crippen molar-refractivity contribution in [3.63, 3.8) is 0 Å². The fourth-order valence-corrected chi connectivity index (χ4v) is 3.44. The number of rotatable bonds is 3. The maximum atomic E-state index is 12.8. The summed E-state index contributed by atoms with van der Waals surface area (Å²) in [5.41, 5.74) is 0.644. The number of carbonyl (C=O) groups excluding carboxylic acids is 1. The Balaban J connectivity index is 2.19. The van der Waals surface area contributed by atoms with Gasteiger partial charge in [0, 0.05) is 37.1 Å². The number of hydrogen-bond acceptors (Lipinski definition) is 4. The van der Waals surface area contributed by atoms with Gasteiger partial charge in [-0.1, -0.05) is 18.5 Å². The highest BCUT2D eigenvalue weighted by Gasteiger charge is 2.35. The smallest absolute Gasteiger partial charge is 0.295 e. The molecule has 0 saturated heterocycles. The molecular formula is C15H14ClF3N2OS. The standard InChI is InChI=1S/C15H14ClF3N2OS/c1-2-9-6-20-7-12(16)11(9)8-23-14-4-3-10(22)5-13(21-14)15(17,18)19/h5-7H,2-4,8H2,1H3. The van der Waals surface area contributed by atoms with Crippen molar-refractivity contribution in [2.75, 3.05) is 0 Å². The molecule has 3 nitrogen and oxygen atoms in total. The normalized spacial score (nSPS) is 16.0. The molecule has 23 heavy (non-hydrogen) atoms. The van der Waals surface area contributed by atoms with Crippen molar-refractivity contribution < 1.29 is 18.0 Å². The van der Waals surface area contributed by atoms with Crippen LogP contribution in [0.25, 0.3) is 0 Å². The Kier molecular flexibility index (Phi) is 5.86. The average Bonchev–Trinajstić information content (AvgIpc) is 2.67. The van der Waals surface area contributed by atoms with Crippen molar-refractivity contribution in [3.8, 4) is 0 Å². The molecule has 0 aliphatic carbocycles. The first-order valence-corrected chi connectivity index (χ1v) is 8.31. The van der Waals surface area contributed by atoms with Crippen LogP contribution in [0, 0.1) is 0 Å². The van der Waals surface area contributed by atoms with Gasteiger partial charge >= 0.3 is 6.18 Å². The molecule has 2 heterocycles. The molecule has 2 rings (SSSR count). The van der Waals surface area contributed by atoms with Gasteiger partial charge in [0.15, 0.2) is 5.78 Å². The molecule has 0 aromatic carbocycles. The lowest BCUT2D eigenvalue weighted by molar-refractivity contribution is -0.116. The number of aryl methyl sites for hydroxylation is 1. The number of halogens is 4. The molecule has 0 radical (unpaired) electrons. The quantitative estimate of drug-likeness (QED) is 0.780. The van der Waals surface area contributed by atoms with Crippen LogP contribution in [0.15, 0.2) is 29.2 Å². The van der Waals surface area contributed by atoms with Crippen molar-refractivity contribution in [1.82, 2.24) is 4.98 Å². The van der Waals surface area contributed by atoms with Gasteiger partial charge in [0.2, 0.25) is 0 Å². The zero-order valence-corrected chi connectivity index (χ0v) is 13.9. The zero-order chi connectivity index (χ0) is 17.0. The van der Waals surface area contributed by atoms with Crippen LogP contribution in [0.3, 0.4) is 0 Å². The number of thioether (sulfide) groups is 1. The minimum absolute atomic E-state index is 0.0239. The van der Waals surface area contributed by atoms with E-state index in [2.05, 4.69) is 9.98 Å². The van der Waals surface area contributed by atoms with E-state index in [1.54, 1.807) is 6.20 Å². The summed E-state index contributed by atoms with van der Waals surface area (Å²) in [5.74, 6) is -0.171. The minimum Gasteiger partial charge on any atom is -0.295 e. The van der Waals surface area contributed by atoms with Crippen LogP contribution in [0.2, 0.25) is 5.02 Å². The van der Waals surface area contributed by atoms with E-state index in [0.717, 1.165) is 17.5 Å². The molecule has 1 aliphatic rings. The van der Waals surface area contributed by atoms with Crippen LogP contribution in [-0.4, -0.2) is 22.0 Å². The first-order valence-electron chi connectivity index (χ1n) is 6.94. The largest absolute Gasteiger partial charge is 0.433 e. The van der Waals surface area contributed by atoms with E-state index >= 15 is 0 Å². The second-order valence-corrected chi connectivity index (χ2v) is 6.36. The number of ketones is 1. The molecule has 8 heteroatoms. The summed E-state index contributed by atoms with van der Waals surface area (Å²) in [5, 5.41) is 0.767. The number of aromatic nitrogens is 1. The van der Waals surface area contributed by atoms with E-state index in [-0.39, 0.29) is 17.9 Å². The summed E-state index contributed by atoms with van der Waals surface area (Å²) in [6.45, 7) is 1.95. The fraction of sp³-hybridized carbons (Fsp3) is 0.400. The van der Waals surface area contributed by atoms with Crippen molar-refractivity contribution in [2.45, 2.75) is 38.1 Å². The Morgan fingerprint density at radius 1 is 1.30 bits per heavy atom. The first-order chi connectivity index (χ1) is 10.8. The third kappa shape index (κ3) is 4.81. The Labute approximate surface area is 141 Å². The summed E-state index contributed by atoms with van der Waals surface area (Å²) < 4.78 is 38.5. The van der Waals surface area contributed by atoms with Crippen LogP contribution >= 0.6 is 23.4 Å². The maximum absolute atomic E-state index is 12.8. The van der Waals surface area contributed by atoms with E-state index in [1.807, 2.05) is 6.92 Å². The molecule has 0 amide bonds. The Bertz CT molecular complexity index is 671. The van der Waals surface area contributed by atoms with Crippen molar-refractivity contribution in [3.05, 3.63) is 40.3 Å². The summed E-state index contributed by atoms with van der Waals surface area (Å²) in [4.78, 5) is 19.1. The highest BCUT2D eigenvalue weighted by molar-refractivity contribution is 8.13. The van der Waals surface area contributed by atoms with Crippen molar-refractivity contribution in [2.24, 2.45) is 4.99 Å². The molecule has 0 bridgehead atoms.